The van der Waals surface area contributed by atoms with E-state index >= 15 is 0 Å². The SMILES string of the molecule is O=C(/C=C/c1cnn(Cc2ccccc2)c1)N1CCN(Cc2cc(=O)n3ccsc3n2)CC1. The molecule has 0 bridgehead atoms. The summed E-state index contributed by atoms with van der Waals surface area (Å²) in [5, 5.41) is 6.24. The van der Waals surface area contributed by atoms with Gasteiger partial charge in [0.1, 0.15) is 0 Å². The van der Waals surface area contributed by atoms with Crippen LogP contribution in [0, 0.1) is 0 Å². The van der Waals surface area contributed by atoms with Crippen molar-refractivity contribution < 1.29 is 4.79 Å². The first-order valence-corrected chi connectivity index (χ1v) is 11.7. The topological polar surface area (TPSA) is 75.7 Å². The third-order valence-electron chi connectivity index (χ3n) is 5.68. The maximum atomic E-state index is 12.6. The fraction of sp³-hybridized carbons (Fsp3) is 0.250. The van der Waals surface area contributed by atoms with E-state index in [4.69, 9.17) is 0 Å². The van der Waals surface area contributed by atoms with Gasteiger partial charge in [0.2, 0.25) is 5.91 Å². The second-order valence-electron chi connectivity index (χ2n) is 8.03. The van der Waals surface area contributed by atoms with Crippen LogP contribution in [-0.2, 0) is 17.9 Å². The van der Waals surface area contributed by atoms with E-state index < -0.39 is 0 Å². The van der Waals surface area contributed by atoms with Crippen molar-refractivity contribution in [3.63, 3.8) is 0 Å². The molecule has 4 aromatic rings. The van der Waals surface area contributed by atoms with E-state index in [0.717, 1.165) is 24.3 Å². The van der Waals surface area contributed by atoms with E-state index in [1.54, 1.807) is 28.9 Å². The molecule has 1 fully saturated rings. The minimum Gasteiger partial charge on any atom is -0.337 e. The molecule has 168 valence electrons. The summed E-state index contributed by atoms with van der Waals surface area (Å²) in [6.45, 7) is 4.11. The van der Waals surface area contributed by atoms with Crippen LogP contribution in [-0.4, -0.2) is 61.1 Å². The molecular weight excluding hydrogens is 436 g/mol. The van der Waals surface area contributed by atoms with Crippen LogP contribution in [0.25, 0.3) is 11.0 Å². The van der Waals surface area contributed by atoms with Gasteiger partial charge in [-0.2, -0.15) is 5.10 Å². The normalized spacial score (nSPS) is 15.0. The molecule has 0 aliphatic carbocycles. The summed E-state index contributed by atoms with van der Waals surface area (Å²) in [5.41, 5.74) is 2.80. The van der Waals surface area contributed by atoms with Gasteiger partial charge < -0.3 is 4.90 Å². The molecule has 0 saturated carbocycles. The monoisotopic (exact) mass is 460 g/mol. The zero-order chi connectivity index (χ0) is 22.6. The Hall–Kier alpha value is -3.56. The first kappa shape index (κ1) is 21.3. The minimum absolute atomic E-state index is 0.00170. The predicted octanol–water partition coefficient (Wildman–Crippen LogP) is 2.36. The summed E-state index contributed by atoms with van der Waals surface area (Å²) in [4.78, 5) is 34.2. The lowest BCUT2D eigenvalue weighted by atomic mass is 10.2. The maximum absolute atomic E-state index is 12.6. The lowest BCUT2D eigenvalue weighted by Crippen LogP contribution is -2.48. The maximum Gasteiger partial charge on any atom is 0.258 e. The fourth-order valence-electron chi connectivity index (χ4n) is 3.92. The van der Waals surface area contributed by atoms with Gasteiger partial charge in [0.05, 0.1) is 18.4 Å². The quantitative estimate of drug-likeness (QED) is 0.413. The number of thiazole rings is 1. The number of piperazine rings is 1. The van der Waals surface area contributed by atoms with Crippen LogP contribution in [0.4, 0.5) is 0 Å². The minimum atomic E-state index is -0.0534. The second kappa shape index (κ2) is 9.51. The summed E-state index contributed by atoms with van der Waals surface area (Å²) < 4.78 is 3.42. The van der Waals surface area contributed by atoms with Crippen LogP contribution in [0.3, 0.4) is 0 Å². The van der Waals surface area contributed by atoms with Crippen molar-refractivity contribution in [2.24, 2.45) is 0 Å². The van der Waals surface area contributed by atoms with Crippen LogP contribution in [0.15, 0.2) is 71.2 Å². The number of carbonyl (C=O) groups is 1. The molecule has 0 spiro atoms. The molecule has 0 N–H and O–H groups in total. The number of fused-ring (bicyclic) bond motifs is 1. The number of hydrogen-bond donors (Lipinski definition) is 0. The molecule has 0 unspecified atom stereocenters. The van der Waals surface area contributed by atoms with E-state index in [1.165, 1.54) is 16.9 Å². The smallest absolute Gasteiger partial charge is 0.258 e. The Morgan fingerprint density at radius 2 is 1.91 bits per heavy atom. The van der Waals surface area contributed by atoms with E-state index in [-0.39, 0.29) is 11.5 Å². The zero-order valence-corrected chi connectivity index (χ0v) is 18.9. The van der Waals surface area contributed by atoms with Crippen LogP contribution in [0.1, 0.15) is 16.8 Å². The average molecular weight is 461 g/mol. The van der Waals surface area contributed by atoms with Crippen LogP contribution >= 0.6 is 11.3 Å². The Bertz CT molecular complexity index is 1330. The average Bonchev–Trinajstić information content (AvgIpc) is 3.48. The summed E-state index contributed by atoms with van der Waals surface area (Å²) in [5.74, 6) is 0.00170. The van der Waals surface area contributed by atoms with Crippen molar-refractivity contribution in [3.8, 4) is 0 Å². The largest absolute Gasteiger partial charge is 0.337 e. The molecule has 1 aliphatic heterocycles. The lowest BCUT2D eigenvalue weighted by Gasteiger charge is -2.34. The van der Waals surface area contributed by atoms with Gasteiger partial charge in [-0.05, 0) is 11.6 Å². The number of benzene rings is 1. The molecule has 1 aromatic carbocycles. The molecule has 9 heteroatoms. The molecule has 4 heterocycles. The van der Waals surface area contributed by atoms with E-state index in [2.05, 4.69) is 27.1 Å². The Balaban J connectivity index is 1.13. The van der Waals surface area contributed by atoms with E-state index in [1.807, 2.05) is 45.4 Å². The van der Waals surface area contributed by atoms with Crippen molar-refractivity contribution in [2.45, 2.75) is 13.1 Å². The summed E-state index contributed by atoms with van der Waals surface area (Å²) in [6.07, 6.45) is 8.88. The highest BCUT2D eigenvalue weighted by Crippen LogP contribution is 2.11. The van der Waals surface area contributed by atoms with Crippen molar-refractivity contribution in [1.29, 1.82) is 0 Å². The third kappa shape index (κ3) is 5.10. The van der Waals surface area contributed by atoms with Crippen LogP contribution in [0.2, 0.25) is 0 Å². The molecule has 33 heavy (non-hydrogen) atoms. The van der Waals surface area contributed by atoms with Gasteiger partial charge in [0, 0.05) is 68.2 Å². The highest BCUT2D eigenvalue weighted by Gasteiger charge is 2.20. The molecule has 1 saturated heterocycles. The Morgan fingerprint density at radius 1 is 1.09 bits per heavy atom. The zero-order valence-electron chi connectivity index (χ0n) is 18.1. The number of hydrogen-bond acceptors (Lipinski definition) is 6. The first-order chi connectivity index (χ1) is 16.1. The van der Waals surface area contributed by atoms with Gasteiger partial charge in [-0.1, -0.05) is 30.3 Å². The summed E-state index contributed by atoms with van der Waals surface area (Å²) in [6, 6.07) is 11.7. The van der Waals surface area contributed by atoms with E-state index in [0.29, 0.717) is 31.1 Å². The van der Waals surface area contributed by atoms with Gasteiger partial charge in [-0.25, -0.2) is 4.98 Å². The second-order valence-corrected chi connectivity index (χ2v) is 8.91. The highest BCUT2D eigenvalue weighted by atomic mass is 32.1. The number of rotatable bonds is 6. The molecule has 0 atom stereocenters. The van der Waals surface area contributed by atoms with E-state index in [9.17, 15) is 9.59 Å². The van der Waals surface area contributed by atoms with Crippen molar-refractivity contribution in [1.82, 2.24) is 29.0 Å². The van der Waals surface area contributed by atoms with Gasteiger partial charge in [0.25, 0.3) is 5.56 Å². The van der Waals surface area contributed by atoms with Crippen LogP contribution in [0.5, 0.6) is 0 Å². The van der Waals surface area contributed by atoms with Gasteiger partial charge in [-0.3, -0.25) is 23.6 Å². The number of amides is 1. The standard InChI is InChI=1S/C24H24N6O2S/c31-22(7-6-20-15-25-29(17-20)16-19-4-2-1-3-5-19)28-10-8-27(9-11-28)18-21-14-23(32)30-12-13-33-24(30)26-21/h1-7,12-15,17H,8-11,16,18H2/b7-6+. The molecule has 1 aliphatic rings. The molecule has 0 radical (unpaired) electrons. The molecule has 1 amide bonds. The Labute approximate surface area is 195 Å². The van der Waals surface area contributed by atoms with Crippen molar-refractivity contribution >= 4 is 28.3 Å². The third-order valence-corrected chi connectivity index (χ3v) is 6.44. The fourth-order valence-corrected chi connectivity index (χ4v) is 4.66. The van der Waals surface area contributed by atoms with Gasteiger partial charge in [0.15, 0.2) is 4.96 Å². The summed E-state index contributed by atoms with van der Waals surface area (Å²) >= 11 is 1.45. The lowest BCUT2D eigenvalue weighted by molar-refractivity contribution is -0.127. The number of aromatic nitrogens is 4. The van der Waals surface area contributed by atoms with Crippen molar-refractivity contribution in [2.75, 3.05) is 26.2 Å². The Kier molecular flexibility index (Phi) is 6.14. The first-order valence-electron chi connectivity index (χ1n) is 10.9. The summed E-state index contributed by atoms with van der Waals surface area (Å²) in [7, 11) is 0. The predicted molar refractivity (Wildman–Crippen MR) is 128 cm³/mol. The highest BCUT2D eigenvalue weighted by molar-refractivity contribution is 7.15. The molecular formula is C24H24N6O2S. The molecule has 8 nitrogen and oxygen atoms in total. The number of carbonyl (C=O) groups excluding carboxylic acids is 1. The van der Waals surface area contributed by atoms with Crippen LogP contribution < -0.4 is 5.56 Å². The Morgan fingerprint density at radius 3 is 2.73 bits per heavy atom. The molecule has 5 rings (SSSR count). The van der Waals surface area contributed by atoms with Gasteiger partial charge >= 0.3 is 0 Å². The van der Waals surface area contributed by atoms with Gasteiger partial charge in [-0.15, -0.1) is 11.3 Å². The molecule has 3 aromatic heterocycles. The van der Waals surface area contributed by atoms with Crippen molar-refractivity contribution in [3.05, 3.63) is 93.6 Å². The number of nitrogens with zero attached hydrogens (tertiary/aromatic N) is 6.